The third-order valence-electron chi connectivity index (χ3n) is 2.86. The van der Waals surface area contributed by atoms with Gasteiger partial charge in [0.15, 0.2) is 0 Å². The molecule has 86 valence electrons. The van der Waals surface area contributed by atoms with Crippen LogP contribution < -0.4 is 5.32 Å². The van der Waals surface area contributed by atoms with Crippen molar-refractivity contribution in [3.05, 3.63) is 0 Å². The largest absolute Gasteiger partial charge is 0.481 e. The molecule has 3 unspecified atom stereocenters. The zero-order chi connectivity index (χ0) is 11.4. The van der Waals surface area contributed by atoms with E-state index in [1.54, 1.807) is 0 Å². The molecule has 1 aliphatic rings. The SMILES string of the molecule is CC1CC(C(=O)O)C(C(=O)NCCO)C1. The van der Waals surface area contributed by atoms with Crippen LogP contribution in [0.15, 0.2) is 0 Å². The molecule has 5 heteroatoms. The highest BCUT2D eigenvalue weighted by atomic mass is 16.4. The maximum absolute atomic E-state index is 11.6. The number of aliphatic hydroxyl groups excluding tert-OH is 1. The zero-order valence-corrected chi connectivity index (χ0v) is 8.77. The first kappa shape index (κ1) is 12.0. The van der Waals surface area contributed by atoms with Gasteiger partial charge in [0.2, 0.25) is 5.91 Å². The zero-order valence-electron chi connectivity index (χ0n) is 8.77. The Morgan fingerprint density at radius 2 is 1.93 bits per heavy atom. The summed E-state index contributed by atoms with van der Waals surface area (Å²) < 4.78 is 0. The Labute approximate surface area is 88.5 Å². The van der Waals surface area contributed by atoms with E-state index in [4.69, 9.17) is 10.2 Å². The van der Waals surface area contributed by atoms with Crippen molar-refractivity contribution in [3.63, 3.8) is 0 Å². The van der Waals surface area contributed by atoms with Crippen LogP contribution in [0.1, 0.15) is 19.8 Å². The van der Waals surface area contributed by atoms with Gasteiger partial charge in [0.1, 0.15) is 0 Å². The fourth-order valence-corrected chi connectivity index (χ4v) is 2.16. The van der Waals surface area contributed by atoms with Crippen LogP contribution >= 0.6 is 0 Å². The fourth-order valence-electron chi connectivity index (χ4n) is 2.16. The first-order valence-electron chi connectivity index (χ1n) is 5.17. The number of carbonyl (C=O) groups is 2. The Kier molecular flexibility index (Phi) is 4.08. The normalized spacial score (nSPS) is 30.1. The molecule has 0 radical (unpaired) electrons. The molecule has 1 aliphatic carbocycles. The minimum Gasteiger partial charge on any atom is -0.481 e. The summed E-state index contributed by atoms with van der Waals surface area (Å²) in [6.07, 6.45) is 1.18. The van der Waals surface area contributed by atoms with Gasteiger partial charge >= 0.3 is 5.97 Å². The first-order chi connectivity index (χ1) is 7.06. The van der Waals surface area contributed by atoms with Gasteiger partial charge in [-0.1, -0.05) is 6.92 Å². The Morgan fingerprint density at radius 1 is 1.33 bits per heavy atom. The van der Waals surface area contributed by atoms with Crippen LogP contribution in [0.4, 0.5) is 0 Å². The summed E-state index contributed by atoms with van der Waals surface area (Å²) >= 11 is 0. The van der Waals surface area contributed by atoms with Gasteiger partial charge in [0.05, 0.1) is 18.4 Å². The summed E-state index contributed by atoms with van der Waals surface area (Å²) in [5.74, 6) is -1.89. The second-order valence-corrected chi connectivity index (χ2v) is 4.14. The number of nitrogens with one attached hydrogen (secondary N) is 1. The van der Waals surface area contributed by atoms with Gasteiger partial charge in [0, 0.05) is 6.54 Å². The summed E-state index contributed by atoms with van der Waals surface area (Å²) in [7, 11) is 0. The van der Waals surface area contributed by atoms with E-state index in [1.165, 1.54) is 0 Å². The lowest BCUT2D eigenvalue weighted by Crippen LogP contribution is -2.36. The van der Waals surface area contributed by atoms with Gasteiger partial charge in [-0.2, -0.15) is 0 Å². The summed E-state index contributed by atoms with van der Waals surface area (Å²) in [6.45, 7) is 2.02. The molecule has 1 saturated carbocycles. The lowest BCUT2D eigenvalue weighted by molar-refractivity contribution is -0.146. The topological polar surface area (TPSA) is 86.6 Å². The van der Waals surface area contributed by atoms with Crippen molar-refractivity contribution in [2.75, 3.05) is 13.2 Å². The summed E-state index contributed by atoms with van der Waals surface area (Å²) in [5, 5.41) is 20.0. The molecule has 0 bridgehead atoms. The molecule has 0 spiro atoms. The highest BCUT2D eigenvalue weighted by molar-refractivity contribution is 5.85. The monoisotopic (exact) mass is 215 g/mol. The molecule has 0 aromatic heterocycles. The standard InChI is InChI=1S/C10H17NO4/c1-6-4-7(8(5-6)10(14)15)9(13)11-2-3-12/h6-8,12H,2-5H2,1H3,(H,11,13)(H,14,15). The molecule has 0 aromatic rings. The molecule has 3 atom stereocenters. The molecule has 1 fully saturated rings. The van der Waals surface area contributed by atoms with Gasteiger partial charge in [-0.05, 0) is 18.8 Å². The minimum atomic E-state index is -0.900. The van der Waals surface area contributed by atoms with Crippen molar-refractivity contribution in [2.24, 2.45) is 17.8 Å². The number of carbonyl (C=O) groups excluding carboxylic acids is 1. The Bertz CT molecular complexity index is 254. The molecular formula is C10H17NO4. The third kappa shape index (κ3) is 2.92. The predicted molar refractivity (Wildman–Crippen MR) is 53.1 cm³/mol. The number of aliphatic hydroxyl groups is 1. The molecule has 3 N–H and O–H groups in total. The molecule has 15 heavy (non-hydrogen) atoms. The predicted octanol–water partition coefficient (Wildman–Crippen LogP) is -0.158. The van der Waals surface area contributed by atoms with Gasteiger partial charge in [0.25, 0.3) is 0 Å². The summed E-state index contributed by atoms with van der Waals surface area (Å²) in [4.78, 5) is 22.5. The van der Waals surface area contributed by atoms with Crippen LogP contribution in [-0.4, -0.2) is 35.2 Å². The maximum atomic E-state index is 11.6. The average Bonchev–Trinajstić information content (AvgIpc) is 2.57. The minimum absolute atomic E-state index is 0.119. The number of carboxylic acids is 1. The molecule has 0 saturated heterocycles. The summed E-state index contributed by atoms with van der Waals surface area (Å²) in [5.41, 5.74) is 0. The number of amides is 1. The Morgan fingerprint density at radius 3 is 2.47 bits per heavy atom. The van der Waals surface area contributed by atoms with Gasteiger partial charge < -0.3 is 15.5 Å². The van der Waals surface area contributed by atoms with Crippen LogP contribution in [0.25, 0.3) is 0 Å². The van der Waals surface area contributed by atoms with E-state index in [9.17, 15) is 9.59 Å². The van der Waals surface area contributed by atoms with Crippen molar-refractivity contribution in [1.82, 2.24) is 5.32 Å². The highest BCUT2D eigenvalue weighted by Crippen LogP contribution is 2.36. The van der Waals surface area contributed by atoms with Crippen molar-refractivity contribution in [2.45, 2.75) is 19.8 Å². The van der Waals surface area contributed by atoms with E-state index >= 15 is 0 Å². The number of hydrogen-bond donors (Lipinski definition) is 3. The highest BCUT2D eigenvalue weighted by Gasteiger charge is 2.40. The Balaban J connectivity index is 2.58. The van der Waals surface area contributed by atoms with Crippen LogP contribution in [0, 0.1) is 17.8 Å². The molecule has 0 aromatic carbocycles. The second-order valence-electron chi connectivity index (χ2n) is 4.14. The number of carboxylic acid groups (broad SMARTS) is 1. The first-order valence-corrected chi connectivity index (χ1v) is 5.17. The number of aliphatic carboxylic acids is 1. The van der Waals surface area contributed by atoms with Gasteiger partial charge in [-0.15, -0.1) is 0 Å². The third-order valence-corrected chi connectivity index (χ3v) is 2.86. The van der Waals surface area contributed by atoms with E-state index in [0.717, 1.165) is 0 Å². The average molecular weight is 215 g/mol. The molecular weight excluding hydrogens is 198 g/mol. The van der Waals surface area contributed by atoms with Crippen molar-refractivity contribution >= 4 is 11.9 Å². The van der Waals surface area contributed by atoms with Crippen molar-refractivity contribution < 1.29 is 19.8 Å². The maximum Gasteiger partial charge on any atom is 0.307 e. The van der Waals surface area contributed by atoms with E-state index < -0.39 is 17.8 Å². The van der Waals surface area contributed by atoms with Crippen LogP contribution in [0.3, 0.4) is 0 Å². The molecule has 0 aliphatic heterocycles. The van der Waals surface area contributed by atoms with Crippen molar-refractivity contribution in [3.8, 4) is 0 Å². The molecule has 1 rings (SSSR count). The van der Waals surface area contributed by atoms with Gasteiger partial charge in [-0.25, -0.2) is 0 Å². The van der Waals surface area contributed by atoms with Crippen LogP contribution in [0.2, 0.25) is 0 Å². The second kappa shape index (κ2) is 5.11. The number of hydrogen-bond acceptors (Lipinski definition) is 3. The van der Waals surface area contributed by atoms with Crippen LogP contribution in [0.5, 0.6) is 0 Å². The van der Waals surface area contributed by atoms with E-state index in [2.05, 4.69) is 5.32 Å². The van der Waals surface area contributed by atoms with E-state index in [-0.39, 0.29) is 25.0 Å². The van der Waals surface area contributed by atoms with E-state index in [1.807, 2.05) is 6.92 Å². The smallest absolute Gasteiger partial charge is 0.307 e. The molecule has 0 heterocycles. The van der Waals surface area contributed by atoms with Crippen LogP contribution in [-0.2, 0) is 9.59 Å². The summed E-state index contributed by atoms with van der Waals surface area (Å²) in [6, 6.07) is 0. The van der Waals surface area contributed by atoms with E-state index in [0.29, 0.717) is 12.8 Å². The number of rotatable bonds is 4. The van der Waals surface area contributed by atoms with Crippen molar-refractivity contribution in [1.29, 1.82) is 0 Å². The quantitative estimate of drug-likeness (QED) is 0.608. The fraction of sp³-hybridized carbons (Fsp3) is 0.800. The Hall–Kier alpha value is -1.10. The lowest BCUT2D eigenvalue weighted by Gasteiger charge is -2.14. The lowest BCUT2D eigenvalue weighted by atomic mass is 9.95. The van der Waals surface area contributed by atoms with Gasteiger partial charge in [-0.3, -0.25) is 9.59 Å². The molecule has 5 nitrogen and oxygen atoms in total. The molecule has 1 amide bonds.